The predicted molar refractivity (Wildman–Crippen MR) is 80.6 cm³/mol. The monoisotopic (exact) mass is 281 g/mol. The lowest BCUT2D eigenvalue weighted by molar-refractivity contribution is 0.0977. The quantitative estimate of drug-likeness (QED) is 0.724. The van der Waals surface area contributed by atoms with Crippen molar-refractivity contribution in [2.75, 3.05) is 26.1 Å². The Morgan fingerprint density at radius 1 is 0.857 bits per heavy atom. The fourth-order valence-corrected chi connectivity index (χ4v) is 2.73. The van der Waals surface area contributed by atoms with Crippen molar-refractivity contribution in [2.24, 2.45) is 0 Å². The molecule has 4 nitrogen and oxygen atoms in total. The Hall–Kier alpha value is -2.62. The molecule has 0 amide bonds. The molecule has 0 fully saturated rings. The van der Waals surface area contributed by atoms with E-state index in [1.54, 1.807) is 30.3 Å². The second-order valence-corrected chi connectivity index (χ2v) is 5.14. The van der Waals surface area contributed by atoms with Gasteiger partial charge in [-0.1, -0.05) is 24.3 Å². The zero-order valence-electron chi connectivity index (χ0n) is 12.1. The average Bonchev–Trinajstić information content (AvgIpc) is 2.50. The molecular formula is C17H15NO3. The fraction of sp³-hybridized carbons (Fsp3) is 0.176. The lowest BCUT2D eigenvalue weighted by atomic mass is 9.82. The summed E-state index contributed by atoms with van der Waals surface area (Å²) < 4.78 is 5.24. The normalized spacial score (nSPS) is 12.7. The first-order valence-corrected chi connectivity index (χ1v) is 6.63. The van der Waals surface area contributed by atoms with Gasteiger partial charge in [0.15, 0.2) is 11.6 Å². The molecule has 2 aromatic carbocycles. The maximum atomic E-state index is 12.8. The van der Waals surface area contributed by atoms with Gasteiger partial charge in [-0.2, -0.15) is 0 Å². The van der Waals surface area contributed by atoms with Crippen LogP contribution >= 0.6 is 0 Å². The SMILES string of the molecule is COc1cccc2c1C(=O)c1cccc(N(C)C)c1C2=O. The molecule has 0 radical (unpaired) electrons. The Kier molecular flexibility index (Phi) is 3.01. The average molecular weight is 281 g/mol. The van der Waals surface area contributed by atoms with E-state index < -0.39 is 0 Å². The van der Waals surface area contributed by atoms with Crippen molar-refractivity contribution in [3.63, 3.8) is 0 Å². The van der Waals surface area contributed by atoms with E-state index in [1.165, 1.54) is 7.11 Å². The summed E-state index contributed by atoms with van der Waals surface area (Å²) in [5.74, 6) is 0.135. The minimum absolute atomic E-state index is 0.136. The Labute approximate surface area is 123 Å². The Morgan fingerprint density at radius 3 is 2.05 bits per heavy atom. The second-order valence-electron chi connectivity index (χ2n) is 5.14. The number of anilines is 1. The first-order valence-electron chi connectivity index (χ1n) is 6.63. The van der Waals surface area contributed by atoms with Crippen LogP contribution in [0.3, 0.4) is 0 Å². The largest absolute Gasteiger partial charge is 0.496 e. The van der Waals surface area contributed by atoms with E-state index in [0.29, 0.717) is 28.0 Å². The van der Waals surface area contributed by atoms with Crippen molar-refractivity contribution in [1.82, 2.24) is 0 Å². The third-order valence-electron chi connectivity index (χ3n) is 3.71. The summed E-state index contributed by atoms with van der Waals surface area (Å²) in [6, 6.07) is 10.4. The highest BCUT2D eigenvalue weighted by Gasteiger charge is 2.34. The maximum absolute atomic E-state index is 12.8. The molecule has 1 aliphatic carbocycles. The molecule has 0 N–H and O–H groups in total. The zero-order chi connectivity index (χ0) is 15.1. The number of methoxy groups -OCH3 is 1. The van der Waals surface area contributed by atoms with E-state index in [2.05, 4.69) is 0 Å². The third kappa shape index (κ3) is 1.83. The van der Waals surface area contributed by atoms with Gasteiger partial charge in [0, 0.05) is 30.9 Å². The number of ether oxygens (including phenoxy) is 1. The molecule has 0 aromatic heterocycles. The molecular weight excluding hydrogens is 266 g/mol. The summed E-state index contributed by atoms with van der Waals surface area (Å²) in [4.78, 5) is 27.4. The first kappa shape index (κ1) is 13.4. The van der Waals surface area contributed by atoms with Crippen LogP contribution in [0.1, 0.15) is 31.8 Å². The number of ketones is 2. The summed E-state index contributed by atoms with van der Waals surface area (Å²) in [6.07, 6.45) is 0. The van der Waals surface area contributed by atoms with Crippen molar-refractivity contribution in [3.8, 4) is 5.75 Å². The summed E-state index contributed by atoms with van der Waals surface area (Å²) >= 11 is 0. The van der Waals surface area contributed by atoms with Crippen LogP contribution in [0.15, 0.2) is 36.4 Å². The molecule has 0 saturated heterocycles. The molecule has 0 heterocycles. The molecule has 0 bridgehead atoms. The summed E-state index contributed by atoms with van der Waals surface area (Å²) in [5, 5.41) is 0. The van der Waals surface area contributed by atoms with Gasteiger partial charge in [0.2, 0.25) is 0 Å². The number of carbonyl (C=O) groups is 2. The summed E-state index contributed by atoms with van der Waals surface area (Å²) in [7, 11) is 5.21. The molecule has 1 aliphatic rings. The van der Waals surface area contributed by atoms with Gasteiger partial charge < -0.3 is 9.64 Å². The van der Waals surface area contributed by atoms with Gasteiger partial charge in [-0.05, 0) is 12.1 Å². The molecule has 4 heteroatoms. The zero-order valence-corrected chi connectivity index (χ0v) is 12.1. The van der Waals surface area contributed by atoms with E-state index in [0.717, 1.165) is 5.69 Å². The summed E-state index contributed by atoms with van der Waals surface area (Å²) in [5.41, 5.74) is 2.41. The van der Waals surface area contributed by atoms with Crippen LogP contribution in [0.4, 0.5) is 5.69 Å². The smallest absolute Gasteiger partial charge is 0.198 e. The molecule has 0 unspecified atom stereocenters. The highest BCUT2D eigenvalue weighted by molar-refractivity contribution is 6.31. The lowest BCUT2D eigenvalue weighted by Crippen LogP contribution is -2.25. The molecule has 21 heavy (non-hydrogen) atoms. The molecule has 3 rings (SSSR count). The molecule has 2 aromatic rings. The highest BCUT2D eigenvalue weighted by Crippen LogP contribution is 2.36. The number of benzene rings is 2. The van der Waals surface area contributed by atoms with Gasteiger partial charge in [0.25, 0.3) is 0 Å². The Balaban J connectivity index is 2.33. The maximum Gasteiger partial charge on any atom is 0.198 e. The van der Waals surface area contributed by atoms with Crippen LogP contribution in [-0.4, -0.2) is 32.8 Å². The predicted octanol–water partition coefficient (Wildman–Crippen LogP) is 2.54. The van der Waals surface area contributed by atoms with Crippen LogP contribution in [0.2, 0.25) is 0 Å². The van der Waals surface area contributed by atoms with Crippen molar-refractivity contribution >= 4 is 17.3 Å². The molecule has 0 saturated carbocycles. The van der Waals surface area contributed by atoms with Crippen LogP contribution in [0, 0.1) is 0 Å². The van der Waals surface area contributed by atoms with E-state index in [1.807, 2.05) is 25.1 Å². The van der Waals surface area contributed by atoms with Crippen molar-refractivity contribution in [3.05, 3.63) is 58.7 Å². The van der Waals surface area contributed by atoms with Gasteiger partial charge >= 0.3 is 0 Å². The molecule has 0 spiro atoms. The molecule has 106 valence electrons. The fourth-order valence-electron chi connectivity index (χ4n) is 2.73. The number of nitrogens with zero attached hydrogens (tertiary/aromatic N) is 1. The first-order chi connectivity index (χ1) is 10.1. The van der Waals surface area contributed by atoms with E-state index in [9.17, 15) is 9.59 Å². The van der Waals surface area contributed by atoms with Crippen molar-refractivity contribution in [2.45, 2.75) is 0 Å². The van der Waals surface area contributed by atoms with Crippen molar-refractivity contribution < 1.29 is 14.3 Å². The van der Waals surface area contributed by atoms with Crippen LogP contribution in [0.25, 0.3) is 0 Å². The van der Waals surface area contributed by atoms with Crippen LogP contribution in [0.5, 0.6) is 5.75 Å². The third-order valence-corrected chi connectivity index (χ3v) is 3.71. The number of rotatable bonds is 2. The summed E-state index contributed by atoms with van der Waals surface area (Å²) in [6.45, 7) is 0. The van der Waals surface area contributed by atoms with E-state index in [4.69, 9.17) is 4.74 Å². The number of carbonyl (C=O) groups excluding carboxylic acids is 2. The van der Waals surface area contributed by atoms with Gasteiger partial charge in [-0.3, -0.25) is 9.59 Å². The minimum atomic E-state index is -0.166. The highest BCUT2D eigenvalue weighted by atomic mass is 16.5. The minimum Gasteiger partial charge on any atom is -0.496 e. The van der Waals surface area contributed by atoms with Crippen LogP contribution < -0.4 is 9.64 Å². The topological polar surface area (TPSA) is 46.6 Å². The van der Waals surface area contributed by atoms with Crippen molar-refractivity contribution in [1.29, 1.82) is 0 Å². The Morgan fingerprint density at radius 2 is 1.43 bits per heavy atom. The van der Waals surface area contributed by atoms with E-state index >= 15 is 0 Å². The number of fused-ring (bicyclic) bond motifs is 2. The standard InChI is InChI=1S/C17H15NO3/c1-18(2)12-8-4-6-10-14(12)16(19)11-7-5-9-13(21-3)15(11)17(10)20/h4-9H,1-3H3. The van der Waals surface area contributed by atoms with Gasteiger partial charge in [0.05, 0.1) is 18.2 Å². The van der Waals surface area contributed by atoms with Crippen LogP contribution in [-0.2, 0) is 0 Å². The second kappa shape index (κ2) is 4.74. The molecule has 0 aliphatic heterocycles. The van der Waals surface area contributed by atoms with Gasteiger partial charge in [-0.15, -0.1) is 0 Å². The van der Waals surface area contributed by atoms with Gasteiger partial charge in [0.1, 0.15) is 5.75 Å². The molecule has 0 atom stereocenters. The number of hydrogen-bond acceptors (Lipinski definition) is 4. The lowest BCUT2D eigenvalue weighted by Gasteiger charge is -2.24. The van der Waals surface area contributed by atoms with E-state index in [-0.39, 0.29) is 11.6 Å². The Bertz CT molecular complexity index is 763. The van der Waals surface area contributed by atoms with Gasteiger partial charge in [-0.25, -0.2) is 0 Å². The number of hydrogen-bond donors (Lipinski definition) is 0.